The third-order valence-corrected chi connectivity index (χ3v) is 6.35. The summed E-state index contributed by atoms with van der Waals surface area (Å²) < 4.78 is 0. The number of rotatable bonds is 8. The smallest absolute Gasteiger partial charge is 0.245 e. The van der Waals surface area contributed by atoms with Gasteiger partial charge >= 0.3 is 0 Å². The minimum absolute atomic E-state index is 0.0988. The van der Waals surface area contributed by atoms with Crippen molar-refractivity contribution in [2.24, 2.45) is 17.8 Å². The fourth-order valence-corrected chi connectivity index (χ4v) is 4.78. The Morgan fingerprint density at radius 2 is 1.90 bits per heavy atom. The Hall–Kier alpha value is -1.89. The summed E-state index contributed by atoms with van der Waals surface area (Å²) in [7, 11) is 0. The number of H-pyrrole nitrogens is 1. The lowest BCUT2D eigenvalue weighted by Gasteiger charge is -2.42. The van der Waals surface area contributed by atoms with Crippen LogP contribution in [-0.2, 0) is 16.0 Å². The molecule has 7 heteroatoms. The highest BCUT2D eigenvalue weighted by atomic mass is 16.2. The molecule has 0 unspecified atom stereocenters. The molecule has 7 nitrogen and oxygen atoms in total. The molecule has 2 saturated heterocycles. The fraction of sp³-hybridized carbons (Fsp3) is 0.783. The SMILES string of the molecule is CC(C)C[C@@H]1NCCN([C@@H](CC(C)C)C(=O)N2CCC(Cc3ncc[nH]3)CC2)C1=O. The summed E-state index contributed by atoms with van der Waals surface area (Å²) in [6.45, 7) is 11.5. The van der Waals surface area contributed by atoms with Gasteiger partial charge in [-0.3, -0.25) is 9.59 Å². The van der Waals surface area contributed by atoms with E-state index in [-0.39, 0.29) is 23.9 Å². The molecule has 2 amide bonds. The molecule has 2 fully saturated rings. The van der Waals surface area contributed by atoms with Crippen molar-refractivity contribution in [1.29, 1.82) is 0 Å². The number of aromatic nitrogens is 2. The number of piperazine rings is 1. The highest BCUT2D eigenvalue weighted by Gasteiger charge is 2.39. The van der Waals surface area contributed by atoms with Crippen molar-refractivity contribution in [3.05, 3.63) is 18.2 Å². The first-order chi connectivity index (χ1) is 14.3. The van der Waals surface area contributed by atoms with Crippen LogP contribution in [0, 0.1) is 17.8 Å². The Balaban J connectivity index is 1.63. The molecule has 2 aliphatic heterocycles. The van der Waals surface area contributed by atoms with Crippen LogP contribution in [0.5, 0.6) is 0 Å². The largest absolute Gasteiger partial charge is 0.349 e. The normalized spacial score (nSPS) is 22.2. The Kier molecular flexibility index (Phi) is 7.92. The van der Waals surface area contributed by atoms with Crippen LogP contribution in [0.2, 0.25) is 0 Å². The van der Waals surface area contributed by atoms with Crippen LogP contribution in [-0.4, -0.2) is 69.8 Å². The first kappa shape index (κ1) is 22.8. The molecule has 1 aromatic rings. The molecule has 1 aromatic heterocycles. The average molecular weight is 418 g/mol. The summed E-state index contributed by atoms with van der Waals surface area (Å²) in [5, 5.41) is 3.36. The molecule has 0 radical (unpaired) electrons. The van der Waals surface area contributed by atoms with Gasteiger partial charge in [-0.05, 0) is 43.4 Å². The first-order valence-electron chi connectivity index (χ1n) is 11.7. The molecule has 0 spiro atoms. The lowest BCUT2D eigenvalue weighted by atomic mass is 9.91. The van der Waals surface area contributed by atoms with Crippen LogP contribution in [0.4, 0.5) is 0 Å². The topological polar surface area (TPSA) is 81.3 Å². The van der Waals surface area contributed by atoms with E-state index in [4.69, 9.17) is 0 Å². The lowest BCUT2D eigenvalue weighted by Crippen LogP contribution is -2.62. The first-order valence-corrected chi connectivity index (χ1v) is 11.7. The van der Waals surface area contributed by atoms with Gasteiger partial charge in [0.1, 0.15) is 11.9 Å². The predicted molar refractivity (Wildman–Crippen MR) is 118 cm³/mol. The molecule has 0 aliphatic carbocycles. The van der Waals surface area contributed by atoms with E-state index in [1.54, 1.807) is 6.20 Å². The number of hydrogen-bond donors (Lipinski definition) is 2. The van der Waals surface area contributed by atoms with Crippen LogP contribution in [0.1, 0.15) is 59.2 Å². The fourth-order valence-electron chi connectivity index (χ4n) is 4.78. The summed E-state index contributed by atoms with van der Waals surface area (Å²) in [4.78, 5) is 38.1. The Bertz CT molecular complexity index is 680. The number of amides is 2. The highest BCUT2D eigenvalue weighted by Crippen LogP contribution is 2.24. The van der Waals surface area contributed by atoms with Crippen molar-refractivity contribution in [3.8, 4) is 0 Å². The third kappa shape index (κ3) is 5.84. The molecule has 0 saturated carbocycles. The number of nitrogens with zero attached hydrogens (tertiary/aromatic N) is 3. The lowest BCUT2D eigenvalue weighted by molar-refractivity contribution is -0.150. The monoisotopic (exact) mass is 417 g/mol. The van der Waals surface area contributed by atoms with Gasteiger partial charge in [0, 0.05) is 45.0 Å². The van der Waals surface area contributed by atoms with E-state index in [9.17, 15) is 9.59 Å². The van der Waals surface area contributed by atoms with Gasteiger partial charge in [0.25, 0.3) is 0 Å². The second-order valence-electron chi connectivity index (χ2n) is 9.82. The van der Waals surface area contributed by atoms with Crippen LogP contribution >= 0.6 is 0 Å². The maximum absolute atomic E-state index is 13.5. The van der Waals surface area contributed by atoms with Gasteiger partial charge in [-0.15, -0.1) is 0 Å². The minimum atomic E-state index is -0.337. The standard InChI is InChI=1S/C23H39N5O2/c1-16(2)13-19-22(29)28(12-9-24-19)20(14-17(3)4)23(30)27-10-5-18(6-11-27)15-21-25-7-8-26-21/h7-8,16-20,24H,5-6,9-15H2,1-4H3,(H,25,26)/t19-,20-/m0/s1. The second kappa shape index (κ2) is 10.4. The van der Waals surface area contributed by atoms with Crippen LogP contribution in [0.15, 0.2) is 12.4 Å². The summed E-state index contributed by atoms with van der Waals surface area (Å²) in [5.74, 6) is 2.63. The maximum Gasteiger partial charge on any atom is 0.245 e. The highest BCUT2D eigenvalue weighted by molar-refractivity contribution is 5.90. The molecule has 3 heterocycles. The molecule has 2 N–H and O–H groups in total. The van der Waals surface area contributed by atoms with E-state index in [1.807, 2.05) is 16.0 Å². The maximum atomic E-state index is 13.5. The number of nitrogens with one attached hydrogen (secondary N) is 2. The number of imidazole rings is 1. The van der Waals surface area contributed by atoms with Crippen molar-refractivity contribution < 1.29 is 9.59 Å². The van der Waals surface area contributed by atoms with Gasteiger partial charge < -0.3 is 20.1 Å². The molecule has 2 atom stereocenters. The number of likely N-dealkylation sites (tertiary alicyclic amines) is 1. The van der Waals surface area contributed by atoms with Crippen molar-refractivity contribution in [3.63, 3.8) is 0 Å². The Labute approximate surface area is 181 Å². The Morgan fingerprint density at radius 1 is 1.17 bits per heavy atom. The van der Waals surface area contributed by atoms with Crippen molar-refractivity contribution >= 4 is 11.8 Å². The second-order valence-corrected chi connectivity index (χ2v) is 9.82. The minimum Gasteiger partial charge on any atom is -0.349 e. The van der Waals surface area contributed by atoms with Crippen LogP contribution in [0.3, 0.4) is 0 Å². The van der Waals surface area contributed by atoms with Gasteiger partial charge in [-0.25, -0.2) is 4.98 Å². The summed E-state index contributed by atoms with van der Waals surface area (Å²) in [5.41, 5.74) is 0. The zero-order valence-electron chi connectivity index (χ0n) is 19.1. The van der Waals surface area contributed by atoms with Crippen LogP contribution < -0.4 is 5.32 Å². The van der Waals surface area contributed by atoms with E-state index in [1.165, 1.54) is 0 Å². The number of carbonyl (C=O) groups excluding carboxylic acids is 2. The van der Waals surface area contributed by atoms with Crippen molar-refractivity contribution in [2.75, 3.05) is 26.2 Å². The molecule has 3 rings (SSSR count). The average Bonchev–Trinajstić information content (AvgIpc) is 3.21. The third-order valence-electron chi connectivity index (χ3n) is 6.35. The number of carbonyl (C=O) groups is 2. The van der Waals surface area contributed by atoms with Crippen molar-refractivity contribution in [1.82, 2.24) is 25.1 Å². The zero-order chi connectivity index (χ0) is 21.7. The Morgan fingerprint density at radius 3 is 2.50 bits per heavy atom. The summed E-state index contributed by atoms with van der Waals surface area (Å²) >= 11 is 0. The molecule has 30 heavy (non-hydrogen) atoms. The summed E-state index contributed by atoms with van der Waals surface area (Å²) in [6, 6.07) is -0.504. The van der Waals surface area contributed by atoms with E-state index in [0.717, 1.165) is 57.6 Å². The quantitative estimate of drug-likeness (QED) is 0.681. The molecular weight excluding hydrogens is 378 g/mol. The van der Waals surface area contributed by atoms with E-state index < -0.39 is 0 Å². The van der Waals surface area contributed by atoms with Gasteiger partial charge in [0.15, 0.2) is 0 Å². The number of hydrogen-bond acceptors (Lipinski definition) is 4. The zero-order valence-corrected chi connectivity index (χ0v) is 19.1. The number of aromatic amines is 1. The number of piperidine rings is 1. The summed E-state index contributed by atoms with van der Waals surface area (Å²) in [6.07, 6.45) is 8.13. The van der Waals surface area contributed by atoms with E-state index in [0.29, 0.717) is 24.3 Å². The van der Waals surface area contributed by atoms with E-state index in [2.05, 4.69) is 43.0 Å². The van der Waals surface area contributed by atoms with Gasteiger partial charge in [0.05, 0.1) is 6.04 Å². The molecule has 168 valence electrons. The van der Waals surface area contributed by atoms with Gasteiger partial charge in [-0.1, -0.05) is 27.7 Å². The van der Waals surface area contributed by atoms with Crippen LogP contribution in [0.25, 0.3) is 0 Å². The van der Waals surface area contributed by atoms with Gasteiger partial charge in [-0.2, -0.15) is 0 Å². The van der Waals surface area contributed by atoms with Gasteiger partial charge in [0.2, 0.25) is 11.8 Å². The predicted octanol–water partition coefficient (Wildman–Crippen LogP) is 2.45. The van der Waals surface area contributed by atoms with E-state index >= 15 is 0 Å². The molecular formula is C23H39N5O2. The molecule has 0 aromatic carbocycles. The van der Waals surface area contributed by atoms with Crippen molar-refractivity contribution in [2.45, 2.75) is 71.9 Å². The molecule has 0 bridgehead atoms. The molecule has 2 aliphatic rings.